The van der Waals surface area contributed by atoms with Crippen molar-refractivity contribution in [2.24, 2.45) is 5.92 Å². The minimum atomic E-state index is -2.51. The molecule has 1 aliphatic carbocycles. The maximum absolute atomic E-state index is 13.2. The van der Waals surface area contributed by atoms with Gasteiger partial charge in [0.05, 0.1) is 13.7 Å². The number of methoxy groups -OCH3 is 1. The van der Waals surface area contributed by atoms with Crippen LogP contribution in [-0.2, 0) is 0 Å². The fraction of sp³-hybridized carbons (Fsp3) is 0.400. The Morgan fingerprint density at radius 1 is 1.04 bits per heavy atom. The van der Waals surface area contributed by atoms with Crippen LogP contribution in [0.15, 0.2) is 42.5 Å². The van der Waals surface area contributed by atoms with Gasteiger partial charge in [-0.05, 0) is 54.2 Å². The van der Waals surface area contributed by atoms with Gasteiger partial charge in [0.15, 0.2) is 0 Å². The van der Waals surface area contributed by atoms with Crippen molar-refractivity contribution >= 4 is 5.69 Å². The molecule has 0 unspecified atom stereocenters. The summed E-state index contributed by atoms with van der Waals surface area (Å²) < 4.78 is 37.7. The Morgan fingerprint density at radius 2 is 1.76 bits per heavy atom. The molecule has 0 atom stereocenters. The minimum absolute atomic E-state index is 0.0479. The van der Waals surface area contributed by atoms with Crippen LogP contribution >= 0.6 is 0 Å². The van der Waals surface area contributed by atoms with Crippen LogP contribution in [0.3, 0.4) is 0 Å². The number of anilines is 1. The summed E-state index contributed by atoms with van der Waals surface area (Å²) in [5.74, 6) is -0.978. The first-order chi connectivity index (χ1) is 11.9. The third-order valence-corrected chi connectivity index (χ3v) is 4.66. The summed E-state index contributed by atoms with van der Waals surface area (Å²) in [4.78, 5) is 0. The molecule has 0 spiro atoms. The molecule has 0 heterocycles. The second-order valence-corrected chi connectivity index (χ2v) is 6.63. The van der Waals surface area contributed by atoms with Gasteiger partial charge in [-0.2, -0.15) is 0 Å². The number of ether oxygens (including phenoxy) is 2. The monoisotopic (exact) mass is 347 g/mol. The number of rotatable bonds is 5. The van der Waals surface area contributed by atoms with Crippen molar-refractivity contribution in [1.29, 1.82) is 0 Å². The van der Waals surface area contributed by atoms with Gasteiger partial charge in [0.1, 0.15) is 11.5 Å². The van der Waals surface area contributed by atoms with Crippen molar-refractivity contribution < 1.29 is 18.3 Å². The largest absolute Gasteiger partial charge is 0.497 e. The van der Waals surface area contributed by atoms with E-state index in [-0.39, 0.29) is 18.8 Å². The molecule has 1 saturated carbocycles. The molecule has 0 aromatic heterocycles. The highest BCUT2D eigenvalue weighted by Gasteiger charge is 2.35. The van der Waals surface area contributed by atoms with Crippen LogP contribution in [0, 0.1) is 5.92 Å². The van der Waals surface area contributed by atoms with E-state index in [2.05, 4.69) is 0 Å². The van der Waals surface area contributed by atoms with Gasteiger partial charge in [-0.1, -0.05) is 12.1 Å². The average Bonchev–Trinajstić information content (AvgIpc) is 2.60. The third kappa shape index (κ3) is 4.62. The molecule has 2 aromatic rings. The highest BCUT2D eigenvalue weighted by atomic mass is 19.3. The Morgan fingerprint density at radius 3 is 2.44 bits per heavy atom. The van der Waals surface area contributed by atoms with Crippen molar-refractivity contribution in [3.05, 3.63) is 42.5 Å². The topological polar surface area (TPSA) is 44.5 Å². The Balaban J connectivity index is 1.72. The van der Waals surface area contributed by atoms with Crippen molar-refractivity contribution in [3.63, 3.8) is 0 Å². The molecule has 0 bridgehead atoms. The molecule has 0 aliphatic heterocycles. The summed E-state index contributed by atoms with van der Waals surface area (Å²) >= 11 is 0. The van der Waals surface area contributed by atoms with Gasteiger partial charge in [-0.15, -0.1) is 0 Å². The Hall–Kier alpha value is -2.30. The van der Waals surface area contributed by atoms with E-state index in [1.165, 1.54) is 0 Å². The number of benzene rings is 2. The summed E-state index contributed by atoms with van der Waals surface area (Å²) in [6, 6.07) is 13.2. The maximum Gasteiger partial charge on any atom is 0.248 e. The predicted molar refractivity (Wildman–Crippen MR) is 95.2 cm³/mol. The van der Waals surface area contributed by atoms with Crippen molar-refractivity contribution in [1.82, 2.24) is 0 Å². The maximum atomic E-state index is 13.2. The first-order valence-corrected chi connectivity index (χ1v) is 8.51. The van der Waals surface area contributed by atoms with Crippen LogP contribution < -0.4 is 15.2 Å². The highest BCUT2D eigenvalue weighted by molar-refractivity contribution is 5.70. The highest BCUT2D eigenvalue weighted by Crippen LogP contribution is 2.37. The number of halogens is 2. The summed E-state index contributed by atoms with van der Waals surface area (Å²) in [6.45, 7) is 0.444. The molecule has 3 rings (SSSR count). The summed E-state index contributed by atoms with van der Waals surface area (Å²) in [5.41, 5.74) is 8.46. The minimum Gasteiger partial charge on any atom is -0.497 e. The van der Waals surface area contributed by atoms with E-state index in [9.17, 15) is 8.78 Å². The van der Waals surface area contributed by atoms with Gasteiger partial charge < -0.3 is 15.2 Å². The van der Waals surface area contributed by atoms with Gasteiger partial charge in [0.2, 0.25) is 5.92 Å². The number of alkyl halides is 2. The van der Waals surface area contributed by atoms with Crippen LogP contribution in [-0.4, -0.2) is 19.6 Å². The molecule has 0 radical (unpaired) electrons. The SMILES string of the molecule is COc1cc(OCC2CCC(F)(F)CC2)cc(-c2cccc(N)c2)c1. The Kier molecular flexibility index (Phi) is 5.11. The molecule has 0 saturated heterocycles. The molecular formula is C20H23F2NO2. The summed E-state index contributed by atoms with van der Waals surface area (Å²) in [5, 5.41) is 0. The quantitative estimate of drug-likeness (QED) is 0.761. The molecule has 1 aliphatic rings. The number of hydrogen-bond acceptors (Lipinski definition) is 3. The number of hydrogen-bond donors (Lipinski definition) is 1. The molecule has 5 heteroatoms. The lowest BCUT2D eigenvalue weighted by molar-refractivity contribution is -0.0498. The Labute approximate surface area is 146 Å². The lowest BCUT2D eigenvalue weighted by Crippen LogP contribution is -2.27. The standard InChI is InChI=1S/C20H23F2NO2/c1-24-18-10-16(15-3-2-4-17(23)9-15)11-19(12-18)25-13-14-5-7-20(21,22)8-6-14/h2-4,9-12,14H,5-8,13,23H2,1H3. The van der Waals surface area contributed by atoms with Crippen LogP contribution in [0.25, 0.3) is 11.1 Å². The van der Waals surface area contributed by atoms with Crippen molar-refractivity contribution in [3.8, 4) is 22.6 Å². The molecule has 3 nitrogen and oxygen atoms in total. The number of nitrogen functional groups attached to an aromatic ring is 1. The zero-order valence-corrected chi connectivity index (χ0v) is 14.3. The van der Waals surface area contributed by atoms with Gasteiger partial charge >= 0.3 is 0 Å². The normalized spacial score (nSPS) is 17.2. The fourth-order valence-electron chi connectivity index (χ4n) is 3.14. The van der Waals surface area contributed by atoms with Crippen molar-refractivity contribution in [2.45, 2.75) is 31.6 Å². The molecule has 1 fully saturated rings. The van der Waals surface area contributed by atoms with Crippen LogP contribution in [0.5, 0.6) is 11.5 Å². The van der Waals surface area contributed by atoms with Crippen LogP contribution in [0.4, 0.5) is 14.5 Å². The molecule has 2 N–H and O–H groups in total. The van der Waals surface area contributed by atoms with Gasteiger partial charge in [0.25, 0.3) is 0 Å². The third-order valence-electron chi connectivity index (χ3n) is 4.66. The second kappa shape index (κ2) is 7.30. The summed E-state index contributed by atoms with van der Waals surface area (Å²) in [7, 11) is 1.60. The van der Waals surface area contributed by atoms with E-state index in [0.717, 1.165) is 11.1 Å². The summed E-state index contributed by atoms with van der Waals surface area (Å²) in [6.07, 6.45) is 0.902. The molecule has 2 aromatic carbocycles. The van der Waals surface area contributed by atoms with Crippen LogP contribution in [0.2, 0.25) is 0 Å². The number of nitrogens with two attached hydrogens (primary N) is 1. The zero-order chi connectivity index (χ0) is 17.9. The lowest BCUT2D eigenvalue weighted by Gasteiger charge is -2.28. The van der Waals surface area contributed by atoms with E-state index in [1.54, 1.807) is 7.11 Å². The van der Waals surface area contributed by atoms with E-state index in [1.807, 2.05) is 42.5 Å². The lowest BCUT2D eigenvalue weighted by atomic mass is 9.87. The smallest absolute Gasteiger partial charge is 0.248 e. The van der Waals surface area contributed by atoms with E-state index in [0.29, 0.717) is 36.6 Å². The first-order valence-electron chi connectivity index (χ1n) is 8.51. The van der Waals surface area contributed by atoms with Gasteiger partial charge in [-0.3, -0.25) is 0 Å². The fourth-order valence-corrected chi connectivity index (χ4v) is 3.14. The molecule has 134 valence electrons. The van der Waals surface area contributed by atoms with E-state index < -0.39 is 5.92 Å². The van der Waals surface area contributed by atoms with Crippen molar-refractivity contribution in [2.75, 3.05) is 19.5 Å². The van der Waals surface area contributed by atoms with Crippen LogP contribution in [0.1, 0.15) is 25.7 Å². The van der Waals surface area contributed by atoms with Gasteiger partial charge in [0, 0.05) is 24.6 Å². The predicted octanol–water partition coefficient (Wildman–Crippen LogP) is 5.15. The zero-order valence-electron chi connectivity index (χ0n) is 14.3. The van der Waals surface area contributed by atoms with E-state index >= 15 is 0 Å². The van der Waals surface area contributed by atoms with E-state index in [4.69, 9.17) is 15.2 Å². The molecule has 25 heavy (non-hydrogen) atoms. The second-order valence-electron chi connectivity index (χ2n) is 6.63. The Bertz CT molecular complexity index is 723. The molecule has 0 amide bonds. The van der Waals surface area contributed by atoms with Gasteiger partial charge in [-0.25, -0.2) is 8.78 Å². The average molecular weight is 347 g/mol. The molecular weight excluding hydrogens is 324 g/mol. The first kappa shape index (κ1) is 17.5.